The van der Waals surface area contributed by atoms with Crippen LogP contribution in [0, 0.1) is 5.92 Å². The Hall–Kier alpha value is -0.900. The molecule has 0 radical (unpaired) electrons. The van der Waals surface area contributed by atoms with Crippen LogP contribution in [0.2, 0.25) is 0 Å². The van der Waals surface area contributed by atoms with Crippen LogP contribution in [-0.4, -0.2) is 18.8 Å². The topological polar surface area (TPSA) is 47.3 Å². The molecule has 3 rings (SSSR count). The van der Waals surface area contributed by atoms with Crippen LogP contribution >= 0.6 is 0 Å². The first-order valence-electron chi connectivity index (χ1n) is 8.51. The summed E-state index contributed by atoms with van der Waals surface area (Å²) < 4.78 is 5.71. The standard InChI is InChI=1S/C18H28N2O/c19-20-18(9-3-7-17-8-4-12-21-17)16-11-10-14-5-1-2-6-15(14)13-16/h1-2,5-6,16-18,20H,3-4,7-13,19H2. The minimum atomic E-state index is 0.444. The second-order valence-corrected chi connectivity index (χ2v) is 6.61. The SMILES string of the molecule is NNC(CCCC1CCCO1)C1CCc2ccccc2C1. The molecule has 3 heteroatoms. The van der Waals surface area contributed by atoms with E-state index in [1.165, 1.54) is 62.5 Å². The maximum atomic E-state index is 5.84. The van der Waals surface area contributed by atoms with Crippen molar-refractivity contribution in [3.63, 3.8) is 0 Å². The average Bonchev–Trinajstić information content (AvgIpc) is 3.04. The minimum absolute atomic E-state index is 0.444. The Morgan fingerprint density at radius 2 is 2.10 bits per heavy atom. The third-order valence-corrected chi connectivity index (χ3v) is 5.23. The van der Waals surface area contributed by atoms with Gasteiger partial charge in [0.1, 0.15) is 0 Å². The first-order chi connectivity index (χ1) is 10.4. The van der Waals surface area contributed by atoms with Crippen molar-refractivity contribution in [2.24, 2.45) is 11.8 Å². The van der Waals surface area contributed by atoms with E-state index in [4.69, 9.17) is 10.6 Å². The quantitative estimate of drug-likeness (QED) is 0.625. The molecule has 3 atom stereocenters. The van der Waals surface area contributed by atoms with E-state index in [2.05, 4.69) is 29.7 Å². The van der Waals surface area contributed by atoms with E-state index in [9.17, 15) is 0 Å². The molecule has 3 N–H and O–H groups in total. The summed E-state index contributed by atoms with van der Waals surface area (Å²) in [6, 6.07) is 9.30. The Labute approximate surface area is 128 Å². The summed E-state index contributed by atoms with van der Waals surface area (Å²) in [5.74, 6) is 6.51. The molecule has 2 aliphatic rings. The molecule has 0 spiro atoms. The number of benzene rings is 1. The van der Waals surface area contributed by atoms with Crippen molar-refractivity contribution in [3.05, 3.63) is 35.4 Å². The van der Waals surface area contributed by atoms with Crippen molar-refractivity contribution in [1.82, 2.24) is 5.43 Å². The summed E-state index contributed by atoms with van der Waals surface area (Å²) in [5, 5.41) is 0. The summed E-state index contributed by atoms with van der Waals surface area (Å²) in [5.41, 5.74) is 6.14. The van der Waals surface area contributed by atoms with Crippen molar-refractivity contribution in [2.45, 2.75) is 63.5 Å². The number of hydrogen-bond donors (Lipinski definition) is 2. The van der Waals surface area contributed by atoms with Gasteiger partial charge in [0.15, 0.2) is 0 Å². The number of hydrogen-bond acceptors (Lipinski definition) is 3. The van der Waals surface area contributed by atoms with Gasteiger partial charge < -0.3 is 4.74 Å². The number of aryl methyl sites for hydroxylation is 1. The highest BCUT2D eigenvalue weighted by atomic mass is 16.5. The third-order valence-electron chi connectivity index (χ3n) is 5.23. The molecule has 0 bridgehead atoms. The highest BCUT2D eigenvalue weighted by Crippen LogP contribution is 2.29. The molecule has 1 saturated heterocycles. The number of fused-ring (bicyclic) bond motifs is 1. The molecule has 116 valence electrons. The molecule has 0 aromatic heterocycles. The van der Waals surface area contributed by atoms with Gasteiger partial charge in [0.25, 0.3) is 0 Å². The smallest absolute Gasteiger partial charge is 0.0576 e. The largest absolute Gasteiger partial charge is 0.378 e. The van der Waals surface area contributed by atoms with Gasteiger partial charge in [0, 0.05) is 12.6 Å². The zero-order chi connectivity index (χ0) is 14.5. The molecule has 1 aromatic carbocycles. The van der Waals surface area contributed by atoms with E-state index >= 15 is 0 Å². The fraction of sp³-hybridized carbons (Fsp3) is 0.667. The van der Waals surface area contributed by atoms with Crippen molar-refractivity contribution in [2.75, 3.05) is 6.61 Å². The van der Waals surface area contributed by atoms with Crippen LogP contribution in [0.15, 0.2) is 24.3 Å². The first-order valence-corrected chi connectivity index (χ1v) is 8.51. The number of ether oxygens (including phenoxy) is 1. The number of nitrogens with two attached hydrogens (primary N) is 1. The number of nitrogens with one attached hydrogen (secondary N) is 1. The lowest BCUT2D eigenvalue weighted by molar-refractivity contribution is 0.100. The van der Waals surface area contributed by atoms with Gasteiger partial charge in [-0.1, -0.05) is 24.3 Å². The van der Waals surface area contributed by atoms with Crippen LogP contribution < -0.4 is 11.3 Å². The highest BCUT2D eigenvalue weighted by Gasteiger charge is 2.25. The molecule has 1 heterocycles. The van der Waals surface area contributed by atoms with E-state index in [0.717, 1.165) is 6.61 Å². The van der Waals surface area contributed by atoms with Crippen LogP contribution in [-0.2, 0) is 17.6 Å². The Morgan fingerprint density at radius 3 is 2.86 bits per heavy atom. The summed E-state index contributed by atoms with van der Waals surface area (Å²) in [6.07, 6.45) is 10.2. The lowest BCUT2D eigenvalue weighted by atomic mass is 9.79. The average molecular weight is 288 g/mol. The van der Waals surface area contributed by atoms with Crippen molar-refractivity contribution >= 4 is 0 Å². The first kappa shape index (κ1) is 15.0. The van der Waals surface area contributed by atoms with Crippen LogP contribution in [0.1, 0.15) is 49.7 Å². The van der Waals surface area contributed by atoms with Crippen molar-refractivity contribution in [1.29, 1.82) is 0 Å². The molecule has 1 aliphatic heterocycles. The van der Waals surface area contributed by atoms with Gasteiger partial charge in [-0.15, -0.1) is 0 Å². The molecule has 1 aliphatic carbocycles. The zero-order valence-electron chi connectivity index (χ0n) is 12.9. The van der Waals surface area contributed by atoms with Gasteiger partial charge >= 0.3 is 0 Å². The Kier molecular flexibility index (Phi) is 5.28. The third kappa shape index (κ3) is 3.85. The lowest BCUT2D eigenvalue weighted by Crippen LogP contribution is -2.43. The highest BCUT2D eigenvalue weighted by molar-refractivity contribution is 5.29. The van der Waals surface area contributed by atoms with Crippen LogP contribution in [0.5, 0.6) is 0 Å². The van der Waals surface area contributed by atoms with Crippen molar-refractivity contribution in [3.8, 4) is 0 Å². The Bertz CT molecular complexity index is 443. The molecule has 1 fully saturated rings. The van der Waals surface area contributed by atoms with Gasteiger partial charge in [-0.05, 0) is 68.4 Å². The molecule has 0 saturated carbocycles. The van der Waals surface area contributed by atoms with E-state index in [1.54, 1.807) is 0 Å². The fourth-order valence-electron chi connectivity index (χ4n) is 3.96. The van der Waals surface area contributed by atoms with Crippen LogP contribution in [0.4, 0.5) is 0 Å². The second-order valence-electron chi connectivity index (χ2n) is 6.61. The molecular weight excluding hydrogens is 260 g/mol. The van der Waals surface area contributed by atoms with E-state index in [-0.39, 0.29) is 0 Å². The lowest BCUT2D eigenvalue weighted by Gasteiger charge is -2.31. The molecule has 21 heavy (non-hydrogen) atoms. The monoisotopic (exact) mass is 288 g/mol. The number of rotatable bonds is 6. The Balaban J connectivity index is 1.49. The Morgan fingerprint density at radius 1 is 1.24 bits per heavy atom. The summed E-state index contributed by atoms with van der Waals surface area (Å²) in [7, 11) is 0. The minimum Gasteiger partial charge on any atom is -0.378 e. The van der Waals surface area contributed by atoms with E-state index in [0.29, 0.717) is 18.1 Å². The molecule has 3 unspecified atom stereocenters. The molecule has 1 aromatic rings. The predicted molar refractivity (Wildman–Crippen MR) is 85.9 cm³/mol. The van der Waals surface area contributed by atoms with E-state index in [1.807, 2.05) is 0 Å². The van der Waals surface area contributed by atoms with Gasteiger partial charge in [-0.3, -0.25) is 11.3 Å². The fourth-order valence-corrected chi connectivity index (χ4v) is 3.96. The predicted octanol–water partition coefficient (Wildman–Crippen LogP) is 2.97. The van der Waals surface area contributed by atoms with Gasteiger partial charge in [0.2, 0.25) is 0 Å². The zero-order valence-corrected chi connectivity index (χ0v) is 12.9. The molecule has 0 amide bonds. The maximum Gasteiger partial charge on any atom is 0.0576 e. The second kappa shape index (κ2) is 7.39. The van der Waals surface area contributed by atoms with Crippen LogP contribution in [0.3, 0.4) is 0 Å². The summed E-state index contributed by atoms with van der Waals surface area (Å²) in [6.45, 7) is 0.961. The van der Waals surface area contributed by atoms with Crippen molar-refractivity contribution < 1.29 is 4.74 Å². The van der Waals surface area contributed by atoms with Gasteiger partial charge in [0.05, 0.1) is 6.10 Å². The maximum absolute atomic E-state index is 5.84. The summed E-state index contributed by atoms with van der Waals surface area (Å²) in [4.78, 5) is 0. The normalized spacial score (nSPS) is 26.5. The van der Waals surface area contributed by atoms with E-state index < -0.39 is 0 Å². The van der Waals surface area contributed by atoms with Gasteiger partial charge in [-0.2, -0.15) is 0 Å². The molecular formula is C18H28N2O. The van der Waals surface area contributed by atoms with Gasteiger partial charge in [-0.25, -0.2) is 0 Å². The summed E-state index contributed by atoms with van der Waals surface area (Å²) >= 11 is 0. The number of hydrazine groups is 1. The van der Waals surface area contributed by atoms with Crippen LogP contribution in [0.25, 0.3) is 0 Å². The molecule has 3 nitrogen and oxygen atoms in total.